The molecule has 0 spiro atoms. The van der Waals surface area contributed by atoms with E-state index in [2.05, 4.69) is 32.2 Å². The molecule has 1 amide bonds. The quantitative estimate of drug-likeness (QED) is 0.780. The third-order valence-electron chi connectivity index (χ3n) is 5.41. The van der Waals surface area contributed by atoms with E-state index in [0.717, 1.165) is 25.0 Å². The van der Waals surface area contributed by atoms with Crippen molar-refractivity contribution in [3.63, 3.8) is 0 Å². The summed E-state index contributed by atoms with van der Waals surface area (Å²) in [4.78, 5) is 12.6. The van der Waals surface area contributed by atoms with Gasteiger partial charge in [0.1, 0.15) is 12.4 Å². The molecule has 2 rings (SSSR count). The van der Waals surface area contributed by atoms with Crippen LogP contribution in [-0.4, -0.2) is 31.8 Å². The summed E-state index contributed by atoms with van der Waals surface area (Å²) < 4.78 is 11.0. The van der Waals surface area contributed by atoms with Crippen molar-refractivity contribution in [1.29, 1.82) is 0 Å². The third kappa shape index (κ3) is 5.00. The van der Waals surface area contributed by atoms with Crippen LogP contribution in [0.15, 0.2) is 6.07 Å². The summed E-state index contributed by atoms with van der Waals surface area (Å²) in [6.07, 6.45) is 3.05. The molecule has 4 heteroatoms. The van der Waals surface area contributed by atoms with Gasteiger partial charge in [0.25, 0.3) is 0 Å². The number of benzene rings is 1. The van der Waals surface area contributed by atoms with Crippen LogP contribution < -0.4 is 10.1 Å². The Kier molecular flexibility index (Phi) is 6.73. The van der Waals surface area contributed by atoms with Gasteiger partial charge < -0.3 is 14.8 Å². The van der Waals surface area contributed by atoms with E-state index in [1.165, 1.54) is 22.3 Å². The van der Waals surface area contributed by atoms with Crippen LogP contribution >= 0.6 is 0 Å². The van der Waals surface area contributed by atoms with Gasteiger partial charge in [0.15, 0.2) is 0 Å². The van der Waals surface area contributed by atoms with Crippen molar-refractivity contribution in [2.24, 2.45) is 11.8 Å². The average Bonchev–Trinajstić information content (AvgIpc) is 2.56. The second-order valence-electron chi connectivity index (χ2n) is 8.65. The predicted octanol–water partition coefficient (Wildman–Crippen LogP) is 3.98. The largest absolute Gasteiger partial charge is 0.491 e. The topological polar surface area (TPSA) is 47.6 Å². The van der Waals surface area contributed by atoms with Crippen LogP contribution in [0.2, 0.25) is 0 Å². The van der Waals surface area contributed by atoms with Gasteiger partial charge in [-0.05, 0) is 88.1 Å². The molecule has 1 aliphatic rings. The minimum Gasteiger partial charge on any atom is -0.491 e. The summed E-state index contributed by atoms with van der Waals surface area (Å²) in [5, 5.41) is 3.13. The predicted molar refractivity (Wildman–Crippen MR) is 106 cm³/mol. The Morgan fingerprint density at radius 3 is 2.58 bits per heavy atom. The highest BCUT2D eigenvalue weighted by Crippen LogP contribution is 2.37. The second kappa shape index (κ2) is 8.43. The van der Waals surface area contributed by atoms with Gasteiger partial charge in [-0.15, -0.1) is 0 Å². The van der Waals surface area contributed by atoms with Crippen LogP contribution in [-0.2, 0) is 22.4 Å². The monoisotopic (exact) mass is 361 g/mol. The molecule has 0 aromatic heterocycles. The molecule has 1 unspecified atom stereocenters. The fraction of sp³-hybridized carbons (Fsp3) is 0.682. The summed E-state index contributed by atoms with van der Waals surface area (Å²) in [6.45, 7) is 13.6. The Balaban J connectivity index is 2.18. The van der Waals surface area contributed by atoms with Gasteiger partial charge in [0.2, 0.25) is 5.91 Å². The lowest BCUT2D eigenvalue weighted by Crippen LogP contribution is -2.45. The van der Waals surface area contributed by atoms with Crippen molar-refractivity contribution in [3.05, 3.63) is 28.3 Å². The number of carbonyl (C=O) groups excluding carboxylic acids is 1. The lowest BCUT2D eigenvalue weighted by Gasteiger charge is -2.33. The van der Waals surface area contributed by atoms with Crippen LogP contribution in [0.5, 0.6) is 5.75 Å². The minimum absolute atomic E-state index is 0.0140. The van der Waals surface area contributed by atoms with Crippen LogP contribution in [0.25, 0.3) is 0 Å². The molecule has 0 heterocycles. The summed E-state index contributed by atoms with van der Waals surface area (Å²) in [6, 6.07) is 2.15. The van der Waals surface area contributed by atoms with E-state index in [4.69, 9.17) is 9.47 Å². The fourth-order valence-electron chi connectivity index (χ4n) is 3.83. The maximum Gasteiger partial charge on any atom is 0.223 e. The highest BCUT2D eigenvalue weighted by Gasteiger charge is 2.31. The van der Waals surface area contributed by atoms with E-state index < -0.39 is 0 Å². The number of aryl methyl sites for hydroxylation is 1. The van der Waals surface area contributed by atoms with E-state index >= 15 is 0 Å². The van der Waals surface area contributed by atoms with Crippen molar-refractivity contribution in [2.75, 3.05) is 20.3 Å². The molecule has 1 N–H and O–H groups in total. The van der Waals surface area contributed by atoms with Crippen molar-refractivity contribution >= 4 is 5.91 Å². The number of amides is 1. The number of carbonyl (C=O) groups is 1. The van der Waals surface area contributed by atoms with E-state index in [0.29, 0.717) is 19.1 Å². The molecule has 0 saturated heterocycles. The first kappa shape index (κ1) is 20.8. The van der Waals surface area contributed by atoms with Crippen LogP contribution in [0, 0.1) is 25.7 Å². The van der Waals surface area contributed by atoms with Gasteiger partial charge >= 0.3 is 0 Å². The molecular formula is C22H35NO3. The molecule has 1 aromatic rings. The number of ether oxygens (including phenoxy) is 2. The molecular weight excluding hydrogens is 326 g/mol. The number of hydrogen-bond donors (Lipinski definition) is 1. The Hall–Kier alpha value is -1.55. The zero-order chi connectivity index (χ0) is 19.5. The fourth-order valence-corrected chi connectivity index (χ4v) is 3.83. The van der Waals surface area contributed by atoms with Gasteiger partial charge in [-0.25, -0.2) is 0 Å². The summed E-state index contributed by atoms with van der Waals surface area (Å²) in [5.74, 6) is 1.50. The standard InChI is InChI=1S/C22H35NO3/c1-14-12-20(26-11-10-25-7)16(3)19-13-17(8-9-18(14)19)15(2)21(24)23-22(4,5)6/h12,15,17H,8-11,13H2,1-7H3,(H,23,24)/t15?,17-/m1/s1. The van der Waals surface area contributed by atoms with E-state index in [9.17, 15) is 4.79 Å². The number of fused-ring (bicyclic) bond motifs is 1. The van der Waals surface area contributed by atoms with Crippen molar-refractivity contribution in [2.45, 2.75) is 66.3 Å². The molecule has 0 aliphatic heterocycles. The summed E-state index contributed by atoms with van der Waals surface area (Å²) in [5.41, 5.74) is 5.15. The first-order valence-electron chi connectivity index (χ1n) is 9.69. The zero-order valence-corrected chi connectivity index (χ0v) is 17.5. The van der Waals surface area contributed by atoms with E-state index in [-0.39, 0.29) is 17.4 Å². The molecule has 4 nitrogen and oxygen atoms in total. The van der Waals surface area contributed by atoms with E-state index in [1.54, 1.807) is 7.11 Å². The molecule has 0 radical (unpaired) electrons. The van der Waals surface area contributed by atoms with Gasteiger partial charge in [-0.1, -0.05) is 6.92 Å². The average molecular weight is 362 g/mol. The minimum atomic E-state index is -0.188. The first-order chi connectivity index (χ1) is 12.1. The van der Waals surface area contributed by atoms with Crippen molar-refractivity contribution in [1.82, 2.24) is 5.32 Å². The number of rotatable bonds is 6. The Bertz CT molecular complexity index is 646. The normalized spacial score (nSPS) is 18.2. The summed E-state index contributed by atoms with van der Waals surface area (Å²) in [7, 11) is 1.68. The van der Waals surface area contributed by atoms with Crippen LogP contribution in [0.3, 0.4) is 0 Å². The van der Waals surface area contributed by atoms with Gasteiger partial charge in [0, 0.05) is 18.6 Å². The Labute approximate surface area is 158 Å². The highest BCUT2D eigenvalue weighted by molar-refractivity contribution is 5.79. The number of nitrogens with one attached hydrogen (secondary N) is 1. The zero-order valence-electron chi connectivity index (χ0n) is 17.5. The van der Waals surface area contributed by atoms with Crippen LogP contribution in [0.4, 0.5) is 0 Å². The second-order valence-corrected chi connectivity index (χ2v) is 8.65. The molecule has 0 bridgehead atoms. The molecule has 2 atom stereocenters. The van der Waals surface area contributed by atoms with Crippen molar-refractivity contribution in [3.8, 4) is 5.75 Å². The lowest BCUT2D eigenvalue weighted by atomic mass is 9.74. The Morgan fingerprint density at radius 1 is 1.27 bits per heavy atom. The highest BCUT2D eigenvalue weighted by atomic mass is 16.5. The molecule has 0 fully saturated rings. The molecule has 1 aromatic carbocycles. The molecule has 0 saturated carbocycles. The maximum absolute atomic E-state index is 12.6. The molecule has 146 valence electrons. The van der Waals surface area contributed by atoms with Gasteiger partial charge in [-0.2, -0.15) is 0 Å². The molecule has 1 aliphatic carbocycles. The van der Waals surface area contributed by atoms with Gasteiger partial charge in [-0.3, -0.25) is 4.79 Å². The third-order valence-corrected chi connectivity index (χ3v) is 5.41. The number of hydrogen-bond acceptors (Lipinski definition) is 3. The number of methoxy groups -OCH3 is 1. The van der Waals surface area contributed by atoms with Gasteiger partial charge in [0.05, 0.1) is 6.61 Å². The van der Waals surface area contributed by atoms with E-state index in [1.807, 2.05) is 20.8 Å². The van der Waals surface area contributed by atoms with Crippen molar-refractivity contribution < 1.29 is 14.3 Å². The molecule has 26 heavy (non-hydrogen) atoms. The maximum atomic E-state index is 12.6. The SMILES string of the molecule is COCCOc1cc(C)c2c(c1C)C[C@H](C(C)C(=O)NC(C)(C)C)CC2. The smallest absolute Gasteiger partial charge is 0.223 e. The lowest BCUT2D eigenvalue weighted by molar-refractivity contribution is -0.127. The summed E-state index contributed by atoms with van der Waals surface area (Å²) >= 11 is 0. The van der Waals surface area contributed by atoms with Crippen LogP contribution in [0.1, 0.15) is 56.4 Å². The Morgan fingerprint density at radius 2 is 1.96 bits per heavy atom. The first-order valence-corrected chi connectivity index (χ1v) is 9.69.